The molecule has 0 radical (unpaired) electrons. The van der Waals surface area contributed by atoms with Gasteiger partial charge in [-0.05, 0) is 31.2 Å². The molecule has 1 amide bonds. The molecule has 1 fully saturated rings. The third kappa shape index (κ3) is 5.04. The number of thioether (sulfide) groups is 1. The molecule has 0 saturated carbocycles. The molecule has 1 aliphatic heterocycles. The summed E-state index contributed by atoms with van der Waals surface area (Å²) in [5.74, 6) is 1.17. The van der Waals surface area contributed by atoms with E-state index in [9.17, 15) is 9.59 Å². The van der Waals surface area contributed by atoms with Gasteiger partial charge in [-0.2, -0.15) is 0 Å². The number of esters is 1. The van der Waals surface area contributed by atoms with Gasteiger partial charge in [0, 0.05) is 23.7 Å². The van der Waals surface area contributed by atoms with Crippen LogP contribution in [0.2, 0.25) is 0 Å². The Labute approximate surface area is 133 Å². The molecule has 1 aromatic heterocycles. The topological polar surface area (TPSA) is 46.6 Å². The molecule has 1 saturated heterocycles. The Morgan fingerprint density at radius 3 is 3.10 bits per heavy atom. The summed E-state index contributed by atoms with van der Waals surface area (Å²) in [7, 11) is 0. The van der Waals surface area contributed by atoms with E-state index in [1.54, 1.807) is 23.1 Å². The van der Waals surface area contributed by atoms with Gasteiger partial charge in [-0.25, -0.2) is 0 Å². The van der Waals surface area contributed by atoms with Gasteiger partial charge in [-0.1, -0.05) is 6.07 Å². The molecule has 21 heavy (non-hydrogen) atoms. The van der Waals surface area contributed by atoms with Gasteiger partial charge in [0.25, 0.3) is 0 Å². The third-order valence-electron chi connectivity index (χ3n) is 3.44. The molecule has 1 aromatic rings. The van der Waals surface area contributed by atoms with Crippen molar-refractivity contribution in [3.63, 3.8) is 0 Å². The van der Waals surface area contributed by atoms with Gasteiger partial charge in [0.1, 0.15) is 0 Å². The average molecular weight is 327 g/mol. The van der Waals surface area contributed by atoms with Crippen molar-refractivity contribution in [2.45, 2.75) is 25.5 Å². The Bertz CT molecular complexity index is 461. The van der Waals surface area contributed by atoms with Gasteiger partial charge in [0.2, 0.25) is 5.91 Å². The molecule has 0 N–H and O–H groups in total. The fraction of sp³-hybridized carbons (Fsp3) is 0.600. The molecule has 1 atom stereocenters. The SMILES string of the molecule is CCOC(=O)[C@H]1CCCN(C(=O)CSCc2cccs2)C1. The van der Waals surface area contributed by atoms with E-state index in [0.717, 1.165) is 25.1 Å². The highest BCUT2D eigenvalue weighted by Gasteiger charge is 2.29. The van der Waals surface area contributed by atoms with E-state index in [4.69, 9.17) is 4.74 Å². The maximum absolute atomic E-state index is 12.2. The van der Waals surface area contributed by atoms with Crippen molar-refractivity contribution in [3.05, 3.63) is 22.4 Å². The van der Waals surface area contributed by atoms with E-state index in [0.29, 0.717) is 18.9 Å². The first-order valence-corrected chi connectivity index (χ1v) is 9.28. The zero-order valence-corrected chi connectivity index (χ0v) is 13.9. The van der Waals surface area contributed by atoms with Crippen molar-refractivity contribution in [1.29, 1.82) is 0 Å². The number of piperidine rings is 1. The van der Waals surface area contributed by atoms with E-state index in [-0.39, 0.29) is 17.8 Å². The van der Waals surface area contributed by atoms with Gasteiger partial charge in [-0.15, -0.1) is 23.1 Å². The number of rotatable bonds is 6. The summed E-state index contributed by atoms with van der Waals surface area (Å²) in [5.41, 5.74) is 0. The summed E-state index contributed by atoms with van der Waals surface area (Å²) < 4.78 is 5.06. The number of ether oxygens (including phenoxy) is 1. The minimum Gasteiger partial charge on any atom is -0.466 e. The Morgan fingerprint density at radius 2 is 2.38 bits per heavy atom. The van der Waals surface area contributed by atoms with Crippen LogP contribution >= 0.6 is 23.1 Å². The molecule has 0 aliphatic carbocycles. The second-order valence-corrected chi connectivity index (χ2v) is 7.02. The normalized spacial score (nSPS) is 18.5. The quantitative estimate of drug-likeness (QED) is 0.754. The van der Waals surface area contributed by atoms with Gasteiger partial charge >= 0.3 is 5.97 Å². The highest BCUT2D eigenvalue weighted by molar-refractivity contribution is 7.99. The number of carbonyl (C=O) groups is 2. The summed E-state index contributed by atoms with van der Waals surface area (Å²) in [6.07, 6.45) is 1.70. The zero-order valence-electron chi connectivity index (χ0n) is 12.2. The molecule has 116 valence electrons. The van der Waals surface area contributed by atoms with E-state index >= 15 is 0 Å². The molecule has 0 bridgehead atoms. The van der Waals surface area contributed by atoms with Crippen LogP contribution in [0.4, 0.5) is 0 Å². The van der Waals surface area contributed by atoms with Crippen LogP contribution in [-0.4, -0.2) is 42.2 Å². The molecule has 0 aromatic carbocycles. The Hall–Kier alpha value is -1.01. The molecule has 2 rings (SSSR count). The van der Waals surface area contributed by atoms with Gasteiger partial charge in [0.05, 0.1) is 18.3 Å². The van der Waals surface area contributed by atoms with Crippen LogP contribution in [-0.2, 0) is 20.1 Å². The number of nitrogens with zero attached hydrogens (tertiary/aromatic N) is 1. The number of likely N-dealkylation sites (tertiary alicyclic amines) is 1. The van der Waals surface area contributed by atoms with Crippen LogP contribution in [0.1, 0.15) is 24.6 Å². The lowest BCUT2D eigenvalue weighted by molar-refractivity contribution is -0.151. The lowest BCUT2D eigenvalue weighted by Gasteiger charge is -2.31. The van der Waals surface area contributed by atoms with E-state index in [1.165, 1.54) is 4.88 Å². The number of carbonyl (C=O) groups excluding carboxylic acids is 2. The van der Waals surface area contributed by atoms with Gasteiger partial charge in [-0.3, -0.25) is 9.59 Å². The summed E-state index contributed by atoms with van der Waals surface area (Å²) in [6, 6.07) is 4.11. The van der Waals surface area contributed by atoms with E-state index in [1.807, 2.05) is 23.3 Å². The average Bonchev–Trinajstić information content (AvgIpc) is 3.01. The highest BCUT2D eigenvalue weighted by Crippen LogP contribution is 2.21. The van der Waals surface area contributed by atoms with Crippen molar-refractivity contribution in [3.8, 4) is 0 Å². The Morgan fingerprint density at radius 1 is 1.52 bits per heavy atom. The van der Waals surface area contributed by atoms with Crippen LogP contribution in [0.25, 0.3) is 0 Å². The lowest BCUT2D eigenvalue weighted by atomic mass is 9.98. The molecular weight excluding hydrogens is 306 g/mol. The first kappa shape index (κ1) is 16.4. The van der Waals surface area contributed by atoms with Crippen molar-refractivity contribution >= 4 is 35.0 Å². The molecule has 4 nitrogen and oxygen atoms in total. The fourth-order valence-electron chi connectivity index (χ4n) is 2.38. The van der Waals surface area contributed by atoms with Crippen molar-refractivity contribution in [2.75, 3.05) is 25.4 Å². The van der Waals surface area contributed by atoms with Crippen LogP contribution in [0, 0.1) is 5.92 Å². The molecule has 0 spiro atoms. The van der Waals surface area contributed by atoms with Crippen LogP contribution in [0.5, 0.6) is 0 Å². The highest BCUT2D eigenvalue weighted by atomic mass is 32.2. The fourth-order valence-corrected chi connectivity index (χ4v) is 4.15. The Kier molecular flexibility index (Phi) is 6.57. The molecule has 1 aliphatic rings. The van der Waals surface area contributed by atoms with Crippen molar-refractivity contribution < 1.29 is 14.3 Å². The van der Waals surface area contributed by atoms with Crippen LogP contribution < -0.4 is 0 Å². The second-order valence-electron chi connectivity index (χ2n) is 5.00. The summed E-state index contributed by atoms with van der Waals surface area (Å²) in [4.78, 5) is 27.1. The minimum atomic E-state index is -0.166. The predicted octanol–water partition coefficient (Wildman–Crippen LogP) is 2.78. The molecule has 0 unspecified atom stereocenters. The van der Waals surface area contributed by atoms with E-state index in [2.05, 4.69) is 6.07 Å². The third-order valence-corrected chi connectivity index (χ3v) is 5.47. The predicted molar refractivity (Wildman–Crippen MR) is 86.4 cm³/mol. The van der Waals surface area contributed by atoms with E-state index < -0.39 is 0 Å². The number of amides is 1. The number of hydrogen-bond donors (Lipinski definition) is 0. The first-order chi connectivity index (χ1) is 10.2. The monoisotopic (exact) mass is 327 g/mol. The second kappa shape index (κ2) is 8.44. The first-order valence-electron chi connectivity index (χ1n) is 7.25. The van der Waals surface area contributed by atoms with Crippen molar-refractivity contribution in [2.24, 2.45) is 5.92 Å². The summed E-state index contributed by atoms with van der Waals surface area (Å²) in [6.45, 7) is 3.48. The standard InChI is InChI=1S/C15H21NO3S2/c1-2-19-15(18)12-5-3-7-16(9-12)14(17)11-20-10-13-6-4-8-21-13/h4,6,8,12H,2-3,5,7,9-11H2,1H3/t12-/m0/s1. The number of thiophene rings is 1. The van der Waals surface area contributed by atoms with Crippen LogP contribution in [0.3, 0.4) is 0 Å². The number of hydrogen-bond acceptors (Lipinski definition) is 5. The maximum Gasteiger partial charge on any atom is 0.310 e. The Balaban J connectivity index is 1.75. The summed E-state index contributed by atoms with van der Waals surface area (Å²) >= 11 is 3.35. The lowest BCUT2D eigenvalue weighted by Crippen LogP contribution is -2.43. The van der Waals surface area contributed by atoms with Gasteiger partial charge in [0.15, 0.2) is 0 Å². The summed E-state index contributed by atoms with van der Waals surface area (Å²) in [5, 5.41) is 2.05. The minimum absolute atomic E-state index is 0.130. The largest absolute Gasteiger partial charge is 0.466 e. The van der Waals surface area contributed by atoms with Crippen molar-refractivity contribution in [1.82, 2.24) is 4.90 Å². The molecule has 2 heterocycles. The van der Waals surface area contributed by atoms with Crippen LogP contribution in [0.15, 0.2) is 17.5 Å². The maximum atomic E-state index is 12.2. The smallest absolute Gasteiger partial charge is 0.310 e. The zero-order chi connectivity index (χ0) is 15.1. The molecular formula is C15H21NO3S2. The van der Waals surface area contributed by atoms with Gasteiger partial charge < -0.3 is 9.64 Å². The molecule has 6 heteroatoms.